The number of nitrogen functional groups attached to an aromatic ring is 1. The maximum absolute atomic E-state index is 14.4. The third kappa shape index (κ3) is 3.26. The number of benzene rings is 2. The molecule has 1 amide bonds. The van der Waals surface area contributed by atoms with Crippen molar-refractivity contribution in [3.05, 3.63) is 46.9 Å². The first-order chi connectivity index (χ1) is 12.9. The van der Waals surface area contributed by atoms with E-state index in [4.69, 9.17) is 37.3 Å². The minimum atomic E-state index is -0.762. The van der Waals surface area contributed by atoms with Gasteiger partial charge in [-0.15, -0.1) is 0 Å². The van der Waals surface area contributed by atoms with E-state index >= 15 is 0 Å². The molecule has 0 bridgehead atoms. The molecule has 0 atom stereocenters. The summed E-state index contributed by atoms with van der Waals surface area (Å²) in [7, 11) is 2.72. The van der Waals surface area contributed by atoms with Crippen LogP contribution in [0.15, 0.2) is 30.5 Å². The molecule has 0 aliphatic heterocycles. The van der Waals surface area contributed by atoms with E-state index in [0.29, 0.717) is 10.9 Å². The number of nitrogens with two attached hydrogens (primary N) is 2. The van der Waals surface area contributed by atoms with Crippen molar-refractivity contribution >= 4 is 34.1 Å². The van der Waals surface area contributed by atoms with Gasteiger partial charge in [0.25, 0.3) is 5.91 Å². The van der Waals surface area contributed by atoms with Crippen LogP contribution in [0, 0.1) is 5.82 Å². The number of carbonyl (C=O) groups is 1. The summed E-state index contributed by atoms with van der Waals surface area (Å²) in [6, 6.07) is 5.53. The third-order valence-corrected chi connectivity index (χ3v) is 4.25. The molecule has 27 heavy (non-hydrogen) atoms. The van der Waals surface area contributed by atoms with E-state index < -0.39 is 11.7 Å². The molecule has 0 unspecified atom stereocenters. The second-order valence-electron chi connectivity index (χ2n) is 5.47. The first kappa shape index (κ1) is 18.5. The molecule has 0 aliphatic carbocycles. The number of halogens is 2. The van der Waals surface area contributed by atoms with Gasteiger partial charge in [0.2, 0.25) is 5.75 Å². The van der Waals surface area contributed by atoms with Crippen molar-refractivity contribution in [1.82, 2.24) is 4.98 Å². The Balaban J connectivity index is 2.21. The molecule has 140 valence electrons. The van der Waals surface area contributed by atoms with Crippen LogP contribution in [0.1, 0.15) is 10.4 Å². The summed E-state index contributed by atoms with van der Waals surface area (Å²) in [5, 5.41) is 0.438. The molecule has 1 heterocycles. The smallest absolute Gasteiger partial charge is 0.252 e. The number of ether oxygens (including phenoxy) is 3. The quantitative estimate of drug-likeness (QED) is 0.644. The average Bonchev–Trinajstić information content (AvgIpc) is 2.65. The molecule has 0 aliphatic rings. The zero-order chi connectivity index (χ0) is 19.7. The van der Waals surface area contributed by atoms with Crippen LogP contribution in [-0.4, -0.2) is 25.1 Å². The Bertz CT molecular complexity index is 1060. The molecule has 4 N–H and O–H groups in total. The molecule has 7 nitrogen and oxygen atoms in total. The van der Waals surface area contributed by atoms with Gasteiger partial charge in [0.1, 0.15) is 16.5 Å². The molecule has 0 radical (unpaired) electrons. The Kier molecular flexibility index (Phi) is 4.91. The van der Waals surface area contributed by atoms with E-state index in [0.717, 1.165) is 6.07 Å². The summed E-state index contributed by atoms with van der Waals surface area (Å²) >= 11 is 6.07. The molecule has 2 aromatic carbocycles. The van der Waals surface area contributed by atoms with Gasteiger partial charge in [0.15, 0.2) is 11.6 Å². The zero-order valence-electron chi connectivity index (χ0n) is 14.4. The number of fused-ring (bicyclic) bond motifs is 1. The standard InChI is InChI=1S/C18H15ClFN3O4/c1-25-14-7-12-8(5-9(14)18(22)24)13(3-4-23-12)27-16-10(20)6-11(21)15(19)17(16)26-2/h3-7H,21H2,1-2H3,(H2,22,24). The van der Waals surface area contributed by atoms with Crippen LogP contribution in [0.25, 0.3) is 10.9 Å². The van der Waals surface area contributed by atoms with Crippen LogP contribution in [0.3, 0.4) is 0 Å². The first-order valence-electron chi connectivity index (χ1n) is 7.63. The van der Waals surface area contributed by atoms with E-state index in [2.05, 4.69) is 4.98 Å². The van der Waals surface area contributed by atoms with Crippen LogP contribution in [0.4, 0.5) is 10.1 Å². The Morgan fingerprint density at radius 1 is 1.15 bits per heavy atom. The van der Waals surface area contributed by atoms with Gasteiger partial charge in [0.05, 0.1) is 31.0 Å². The summed E-state index contributed by atoms with van der Waals surface area (Å²) in [5.41, 5.74) is 11.6. The van der Waals surface area contributed by atoms with Crippen LogP contribution < -0.4 is 25.7 Å². The minimum Gasteiger partial charge on any atom is -0.496 e. The maximum Gasteiger partial charge on any atom is 0.252 e. The maximum atomic E-state index is 14.4. The Morgan fingerprint density at radius 3 is 2.52 bits per heavy atom. The van der Waals surface area contributed by atoms with Crippen molar-refractivity contribution in [2.45, 2.75) is 0 Å². The van der Waals surface area contributed by atoms with Gasteiger partial charge in [-0.05, 0) is 12.1 Å². The molecule has 0 saturated carbocycles. The number of rotatable bonds is 5. The van der Waals surface area contributed by atoms with Crippen molar-refractivity contribution in [2.75, 3.05) is 20.0 Å². The fraction of sp³-hybridized carbons (Fsp3) is 0.111. The van der Waals surface area contributed by atoms with E-state index in [-0.39, 0.29) is 39.3 Å². The van der Waals surface area contributed by atoms with Crippen LogP contribution in [0.5, 0.6) is 23.0 Å². The van der Waals surface area contributed by atoms with Gasteiger partial charge in [-0.2, -0.15) is 0 Å². The summed E-state index contributed by atoms with van der Waals surface area (Å²) in [5.74, 6) is -1.28. The number of pyridine rings is 1. The highest BCUT2D eigenvalue weighted by Crippen LogP contribution is 2.44. The summed E-state index contributed by atoms with van der Waals surface area (Å²) in [6.07, 6.45) is 1.46. The second kappa shape index (κ2) is 7.16. The molecule has 3 aromatic rings. The van der Waals surface area contributed by atoms with E-state index in [1.54, 1.807) is 0 Å². The van der Waals surface area contributed by atoms with Gasteiger partial charge >= 0.3 is 0 Å². The van der Waals surface area contributed by atoms with E-state index in [9.17, 15) is 9.18 Å². The van der Waals surface area contributed by atoms with Crippen molar-refractivity contribution in [3.63, 3.8) is 0 Å². The highest BCUT2D eigenvalue weighted by molar-refractivity contribution is 6.34. The lowest BCUT2D eigenvalue weighted by molar-refractivity contribution is 0.0997. The fourth-order valence-corrected chi connectivity index (χ4v) is 2.81. The number of amides is 1. The Labute approximate surface area is 158 Å². The van der Waals surface area contributed by atoms with Crippen molar-refractivity contribution in [1.29, 1.82) is 0 Å². The van der Waals surface area contributed by atoms with Gasteiger partial charge < -0.3 is 25.7 Å². The molecular weight excluding hydrogens is 377 g/mol. The van der Waals surface area contributed by atoms with Gasteiger partial charge in [-0.25, -0.2) is 4.39 Å². The third-order valence-electron chi connectivity index (χ3n) is 3.86. The van der Waals surface area contributed by atoms with Gasteiger partial charge in [-0.1, -0.05) is 11.6 Å². The number of aromatic nitrogens is 1. The highest BCUT2D eigenvalue weighted by atomic mass is 35.5. The first-order valence-corrected chi connectivity index (χ1v) is 8.01. The monoisotopic (exact) mass is 391 g/mol. The van der Waals surface area contributed by atoms with Crippen LogP contribution in [0.2, 0.25) is 5.02 Å². The van der Waals surface area contributed by atoms with E-state index in [1.807, 2.05) is 0 Å². The number of nitrogens with zero attached hydrogens (tertiary/aromatic N) is 1. The molecule has 0 saturated heterocycles. The van der Waals surface area contributed by atoms with Crippen molar-refractivity contribution in [3.8, 4) is 23.0 Å². The predicted molar refractivity (Wildman–Crippen MR) is 99.3 cm³/mol. The van der Waals surface area contributed by atoms with Crippen molar-refractivity contribution < 1.29 is 23.4 Å². The van der Waals surface area contributed by atoms with Crippen LogP contribution in [-0.2, 0) is 0 Å². The molecular formula is C18H15ClFN3O4. The summed E-state index contributed by atoms with van der Waals surface area (Å²) in [6.45, 7) is 0. The van der Waals surface area contributed by atoms with Crippen molar-refractivity contribution in [2.24, 2.45) is 5.73 Å². The topological polar surface area (TPSA) is 110 Å². The number of methoxy groups -OCH3 is 2. The number of carbonyl (C=O) groups excluding carboxylic acids is 1. The number of primary amides is 1. The summed E-state index contributed by atoms with van der Waals surface area (Å²) in [4.78, 5) is 15.9. The normalized spacial score (nSPS) is 10.7. The molecule has 1 aromatic heterocycles. The lowest BCUT2D eigenvalue weighted by Gasteiger charge is -2.15. The zero-order valence-corrected chi connectivity index (χ0v) is 15.1. The molecule has 9 heteroatoms. The van der Waals surface area contributed by atoms with Gasteiger partial charge in [0, 0.05) is 23.7 Å². The lowest BCUT2D eigenvalue weighted by atomic mass is 10.1. The second-order valence-corrected chi connectivity index (χ2v) is 5.85. The molecule has 0 spiro atoms. The SMILES string of the molecule is COc1cc2nccc(Oc3c(F)cc(N)c(Cl)c3OC)c2cc1C(N)=O. The fourth-order valence-electron chi connectivity index (χ4n) is 2.59. The Hall–Kier alpha value is -3.26. The highest BCUT2D eigenvalue weighted by Gasteiger charge is 2.21. The number of hydrogen-bond donors (Lipinski definition) is 2. The van der Waals surface area contributed by atoms with Crippen LogP contribution >= 0.6 is 11.6 Å². The average molecular weight is 392 g/mol. The predicted octanol–water partition coefficient (Wildman–Crippen LogP) is 3.52. The van der Waals surface area contributed by atoms with E-state index in [1.165, 1.54) is 38.6 Å². The lowest BCUT2D eigenvalue weighted by Crippen LogP contribution is -2.12. The Morgan fingerprint density at radius 2 is 1.89 bits per heavy atom. The van der Waals surface area contributed by atoms with Gasteiger partial charge in [-0.3, -0.25) is 9.78 Å². The molecule has 3 rings (SSSR count). The largest absolute Gasteiger partial charge is 0.496 e. The number of hydrogen-bond acceptors (Lipinski definition) is 6. The summed E-state index contributed by atoms with van der Waals surface area (Å²) < 4.78 is 30.5. The number of anilines is 1. The molecule has 0 fully saturated rings. The minimum absolute atomic E-state index is 0.0127.